The zero-order valence-electron chi connectivity index (χ0n) is 13.7. The molecule has 5 N–H and O–H groups in total. The lowest BCUT2D eigenvalue weighted by atomic mass is 10.0. The average molecular weight is 372 g/mol. The molecule has 0 aromatic heterocycles. The summed E-state index contributed by atoms with van der Waals surface area (Å²) in [7, 11) is -3.89. The number of carbonyl (C=O) groups is 1. The molecule has 0 atom stereocenters. The number of carboxylic acid groups (broad SMARTS) is 1. The van der Waals surface area contributed by atoms with Crippen LogP contribution in [0.4, 0.5) is 11.4 Å². The molecule has 0 fully saturated rings. The summed E-state index contributed by atoms with van der Waals surface area (Å²) < 4.78 is 27.6. The van der Waals surface area contributed by atoms with Crippen molar-refractivity contribution in [3.8, 4) is 5.75 Å². The Hall–Kier alpha value is -3.26. The summed E-state index contributed by atoms with van der Waals surface area (Å²) in [6.45, 7) is 1.72. The van der Waals surface area contributed by atoms with E-state index in [-0.39, 0.29) is 27.6 Å². The van der Waals surface area contributed by atoms with Crippen molar-refractivity contribution in [2.75, 3.05) is 10.5 Å². The van der Waals surface area contributed by atoms with E-state index in [9.17, 15) is 18.3 Å². The summed E-state index contributed by atoms with van der Waals surface area (Å²) in [5.41, 5.74) is 7.08. The fourth-order valence-electron chi connectivity index (χ4n) is 2.62. The number of phenols is 1. The molecule has 26 heavy (non-hydrogen) atoms. The van der Waals surface area contributed by atoms with Crippen LogP contribution in [0.15, 0.2) is 53.4 Å². The van der Waals surface area contributed by atoms with E-state index in [0.29, 0.717) is 16.3 Å². The predicted octanol–water partition coefficient (Wildman–Crippen LogP) is 2.94. The van der Waals surface area contributed by atoms with E-state index < -0.39 is 16.0 Å². The number of phenolic OH excluding ortho intramolecular Hbond substituents is 1. The van der Waals surface area contributed by atoms with Crippen LogP contribution < -0.4 is 10.5 Å². The summed E-state index contributed by atoms with van der Waals surface area (Å²) in [5.74, 6) is -1.05. The highest BCUT2D eigenvalue weighted by Gasteiger charge is 2.17. The molecule has 3 rings (SSSR count). The van der Waals surface area contributed by atoms with Gasteiger partial charge in [0.2, 0.25) is 0 Å². The van der Waals surface area contributed by atoms with Crippen LogP contribution in [-0.4, -0.2) is 24.6 Å². The molecule has 7 nitrogen and oxygen atoms in total. The molecule has 8 heteroatoms. The first-order chi connectivity index (χ1) is 12.2. The summed E-state index contributed by atoms with van der Waals surface area (Å²) in [4.78, 5) is 10.9. The molecule has 0 heterocycles. The number of nitrogens with two attached hydrogens (primary N) is 1. The number of aryl methyl sites for hydroxylation is 1. The SMILES string of the molecule is Cc1c(O)cc(N)c2cc(S(=O)(=O)Nc3ccc(C(=O)O)cc3)ccc12. The van der Waals surface area contributed by atoms with Crippen LogP contribution in [0.2, 0.25) is 0 Å². The van der Waals surface area contributed by atoms with Gasteiger partial charge in [0, 0.05) is 22.8 Å². The Kier molecular flexibility index (Phi) is 4.21. The standard InChI is InChI=1S/C18H16N2O5S/c1-10-14-7-6-13(8-15(14)16(19)9-17(10)21)26(24,25)20-12-4-2-11(3-5-12)18(22)23/h2-9,20-21H,19H2,1H3,(H,22,23). The highest BCUT2D eigenvalue weighted by molar-refractivity contribution is 7.92. The van der Waals surface area contributed by atoms with Crippen LogP contribution in [0.1, 0.15) is 15.9 Å². The number of aromatic hydroxyl groups is 1. The lowest BCUT2D eigenvalue weighted by molar-refractivity contribution is 0.0697. The van der Waals surface area contributed by atoms with Crippen molar-refractivity contribution < 1.29 is 23.4 Å². The molecule has 0 saturated heterocycles. The average Bonchev–Trinajstić information content (AvgIpc) is 2.59. The molecule has 0 saturated carbocycles. The van der Waals surface area contributed by atoms with Gasteiger partial charge in [0.25, 0.3) is 10.0 Å². The Morgan fingerprint density at radius 1 is 1.04 bits per heavy atom. The van der Waals surface area contributed by atoms with Gasteiger partial charge in [0.15, 0.2) is 0 Å². The van der Waals surface area contributed by atoms with Crippen molar-refractivity contribution in [3.05, 3.63) is 59.7 Å². The molecular formula is C18H16N2O5S. The number of rotatable bonds is 4. The number of hydrogen-bond donors (Lipinski definition) is 4. The lowest BCUT2D eigenvalue weighted by Crippen LogP contribution is -2.13. The van der Waals surface area contributed by atoms with Crippen LogP contribution >= 0.6 is 0 Å². The second-order valence-electron chi connectivity index (χ2n) is 5.81. The summed E-state index contributed by atoms with van der Waals surface area (Å²) in [6, 6.07) is 11.2. The van der Waals surface area contributed by atoms with E-state index in [4.69, 9.17) is 10.8 Å². The van der Waals surface area contributed by atoms with Crippen LogP contribution in [0.3, 0.4) is 0 Å². The van der Waals surface area contributed by atoms with Gasteiger partial charge in [-0.3, -0.25) is 4.72 Å². The van der Waals surface area contributed by atoms with Crippen molar-refractivity contribution in [2.45, 2.75) is 11.8 Å². The summed E-state index contributed by atoms with van der Waals surface area (Å²) in [6.07, 6.45) is 0. The second kappa shape index (κ2) is 6.23. The zero-order chi connectivity index (χ0) is 19.1. The molecule has 3 aromatic carbocycles. The number of sulfonamides is 1. The molecule has 0 aliphatic rings. The highest BCUT2D eigenvalue weighted by Crippen LogP contribution is 2.33. The van der Waals surface area contributed by atoms with E-state index in [1.54, 1.807) is 13.0 Å². The number of aromatic carboxylic acids is 1. The first-order valence-corrected chi connectivity index (χ1v) is 9.05. The number of hydrogen-bond acceptors (Lipinski definition) is 5. The van der Waals surface area contributed by atoms with E-state index in [0.717, 1.165) is 0 Å². The topological polar surface area (TPSA) is 130 Å². The fourth-order valence-corrected chi connectivity index (χ4v) is 3.71. The quantitative estimate of drug-likeness (QED) is 0.521. The van der Waals surface area contributed by atoms with Gasteiger partial charge in [-0.2, -0.15) is 0 Å². The minimum Gasteiger partial charge on any atom is -0.508 e. The Morgan fingerprint density at radius 3 is 2.31 bits per heavy atom. The normalized spacial score (nSPS) is 11.4. The Labute approximate surface area is 149 Å². The Morgan fingerprint density at radius 2 is 1.69 bits per heavy atom. The summed E-state index contributed by atoms with van der Waals surface area (Å²) >= 11 is 0. The molecule has 134 valence electrons. The van der Waals surface area contributed by atoms with Crippen LogP contribution in [0.5, 0.6) is 5.75 Å². The third-order valence-corrected chi connectivity index (χ3v) is 5.46. The molecular weight excluding hydrogens is 356 g/mol. The summed E-state index contributed by atoms with van der Waals surface area (Å²) in [5, 5.41) is 19.9. The molecule has 0 amide bonds. The van der Waals surface area contributed by atoms with Gasteiger partial charge < -0.3 is 15.9 Å². The van der Waals surface area contributed by atoms with E-state index >= 15 is 0 Å². The number of benzene rings is 3. The molecule has 0 radical (unpaired) electrons. The van der Waals surface area contributed by atoms with E-state index in [2.05, 4.69) is 4.72 Å². The largest absolute Gasteiger partial charge is 0.508 e. The number of anilines is 2. The number of nitrogens with one attached hydrogen (secondary N) is 1. The number of nitrogen functional groups attached to an aromatic ring is 1. The Bertz CT molecular complexity index is 1120. The molecule has 0 aliphatic heterocycles. The van der Waals surface area contributed by atoms with Crippen LogP contribution in [-0.2, 0) is 10.0 Å². The third kappa shape index (κ3) is 3.14. The van der Waals surface area contributed by atoms with Gasteiger partial charge in [-0.05, 0) is 54.3 Å². The van der Waals surface area contributed by atoms with Crippen molar-refractivity contribution in [1.29, 1.82) is 0 Å². The van der Waals surface area contributed by atoms with Crippen LogP contribution in [0.25, 0.3) is 10.8 Å². The molecule has 0 aliphatic carbocycles. The van der Waals surface area contributed by atoms with Gasteiger partial charge in [-0.15, -0.1) is 0 Å². The smallest absolute Gasteiger partial charge is 0.335 e. The van der Waals surface area contributed by atoms with Gasteiger partial charge in [0.05, 0.1) is 10.5 Å². The predicted molar refractivity (Wildman–Crippen MR) is 99.0 cm³/mol. The molecule has 0 spiro atoms. The fraction of sp³-hybridized carbons (Fsp3) is 0.0556. The maximum Gasteiger partial charge on any atom is 0.335 e. The van der Waals surface area contributed by atoms with Gasteiger partial charge in [-0.1, -0.05) is 6.07 Å². The maximum absolute atomic E-state index is 12.6. The van der Waals surface area contributed by atoms with Crippen molar-refractivity contribution >= 4 is 38.1 Å². The third-order valence-electron chi connectivity index (χ3n) is 4.08. The zero-order valence-corrected chi connectivity index (χ0v) is 14.5. The molecule has 0 unspecified atom stereocenters. The van der Waals surface area contributed by atoms with E-state index in [1.807, 2.05) is 0 Å². The van der Waals surface area contributed by atoms with Crippen molar-refractivity contribution in [1.82, 2.24) is 0 Å². The van der Waals surface area contributed by atoms with Gasteiger partial charge in [0.1, 0.15) is 5.75 Å². The van der Waals surface area contributed by atoms with Gasteiger partial charge in [-0.25, -0.2) is 13.2 Å². The molecule has 0 bridgehead atoms. The number of fused-ring (bicyclic) bond motifs is 1. The van der Waals surface area contributed by atoms with Gasteiger partial charge >= 0.3 is 5.97 Å². The minimum atomic E-state index is -3.89. The minimum absolute atomic E-state index is 0.00380. The van der Waals surface area contributed by atoms with Crippen molar-refractivity contribution in [2.24, 2.45) is 0 Å². The first kappa shape index (κ1) is 17.6. The first-order valence-electron chi connectivity index (χ1n) is 7.57. The molecule has 3 aromatic rings. The second-order valence-corrected chi connectivity index (χ2v) is 7.49. The van der Waals surface area contributed by atoms with E-state index in [1.165, 1.54) is 42.5 Å². The maximum atomic E-state index is 12.6. The van der Waals surface area contributed by atoms with Crippen LogP contribution in [0, 0.1) is 6.92 Å². The van der Waals surface area contributed by atoms with Crippen molar-refractivity contribution in [3.63, 3.8) is 0 Å². The lowest BCUT2D eigenvalue weighted by Gasteiger charge is -2.12. The highest BCUT2D eigenvalue weighted by atomic mass is 32.2. The number of carboxylic acids is 1. The monoisotopic (exact) mass is 372 g/mol. The Balaban J connectivity index is 2.00.